The first-order valence-corrected chi connectivity index (χ1v) is 6.27. The van der Waals surface area contributed by atoms with Crippen molar-refractivity contribution in [3.8, 4) is 0 Å². The van der Waals surface area contributed by atoms with Crippen LogP contribution in [-0.4, -0.2) is 18.6 Å². The largest absolute Gasteiger partial charge is 0.461 e. The molecule has 3 heteroatoms. The van der Waals surface area contributed by atoms with Crippen LogP contribution >= 0.6 is 0 Å². The molecular formula is C14H19NO2. The Balaban J connectivity index is 1.64. The first-order valence-electron chi connectivity index (χ1n) is 6.27. The van der Waals surface area contributed by atoms with Crippen LogP contribution in [0.3, 0.4) is 0 Å². The van der Waals surface area contributed by atoms with E-state index in [0.717, 1.165) is 18.5 Å². The maximum absolute atomic E-state index is 11.5. The normalized spacial score (nSPS) is 19.2. The molecule has 1 saturated heterocycles. The molecule has 1 heterocycles. The zero-order valence-corrected chi connectivity index (χ0v) is 10.0. The Bertz CT molecular complexity index is 344. The van der Waals surface area contributed by atoms with E-state index in [1.165, 1.54) is 12.8 Å². The van der Waals surface area contributed by atoms with E-state index in [1.54, 1.807) is 0 Å². The molecule has 3 nitrogen and oxygen atoms in total. The molecule has 92 valence electrons. The number of rotatable bonds is 5. The van der Waals surface area contributed by atoms with E-state index in [0.29, 0.717) is 19.1 Å². The molecule has 0 saturated carbocycles. The molecule has 0 aliphatic carbocycles. The molecule has 1 aromatic rings. The van der Waals surface area contributed by atoms with Gasteiger partial charge in [-0.1, -0.05) is 30.3 Å². The Morgan fingerprint density at radius 1 is 1.35 bits per heavy atom. The predicted octanol–water partition coefficient (Wildman–Crippen LogP) is 2.26. The Kier molecular flexibility index (Phi) is 4.56. The summed E-state index contributed by atoms with van der Waals surface area (Å²) in [6, 6.07) is 10.3. The fourth-order valence-corrected chi connectivity index (χ4v) is 2.11. The van der Waals surface area contributed by atoms with Gasteiger partial charge in [0.05, 0.1) is 0 Å². The van der Waals surface area contributed by atoms with Gasteiger partial charge in [0.15, 0.2) is 0 Å². The molecule has 1 N–H and O–H groups in total. The summed E-state index contributed by atoms with van der Waals surface area (Å²) in [5.74, 6) is -0.0949. The predicted molar refractivity (Wildman–Crippen MR) is 66.5 cm³/mol. The number of carbonyl (C=O) groups excluding carboxylic acids is 1. The number of esters is 1. The van der Waals surface area contributed by atoms with Gasteiger partial charge in [0.25, 0.3) is 0 Å². The first kappa shape index (κ1) is 12.1. The Morgan fingerprint density at radius 2 is 2.18 bits per heavy atom. The van der Waals surface area contributed by atoms with Gasteiger partial charge in [-0.2, -0.15) is 0 Å². The Morgan fingerprint density at radius 3 is 2.88 bits per heavy atom. The lowest BCUT2D eigenvalue weighted by molar-refractivity contribution is -0.145. The molecule has 1 aromatic carbocycles. The van der Waals surface area contributed by atoms with Crippen molar-refractivity contribution < 1.29 is 9.53 Å². The van der Waals surface area contributed by atoms with Crippen molar-refractivity contribution in [1.29, 1.82) is 0 Å². The van der Waals surface area contributed by atoms with Crippen molar-refractivity contribution in [1.82, 2.24) is 5.32 Å². The fraction of sp³-hybridized carbons (Fsp3) is 0.500. The van der Waals surface area contributed by atoms with Gasteiger partial charge in [-0.3, -0.25) is 4.79 Å². The van der Waals surface area contributed by atoms with Crippen LogP contribution in [0.5, 0.6) is 0 Å². The standard InChI is InChI=1S/C14H19NO2/c16-14(9-8-13-7-4-10-15-13)17-11-12-5-2-1-3-6-12/h1-3,5-6,13,15H,4,7-11H2/t13-/m0/s1. The highest BCUT2D eigenvalue weighted by atomic mass is 16.5. The highest BCUT2D eigenvalue weighted by Gasteiger charge is 2.15. The van der Waals surface area contributed by atoms with Gasteiger partial charge in [0.1, 0.15) is 6.61 Å². The fourth-order valence-electron chi connectivity index (χ4n) is 2.11. The molecule has 1 aliphatic rings. The monoisotopic (exact) mass is 233 g/mol. The quantitative estimate of drug-likeness (QED) is 0.793. The molecule has 17 heavy (non-hydrogen) atoms. The number of carbonyl (C=O) groups is 1. The minimum Gasteiger partial charge on any atom is -0.461 e. The van der Waals surface area contributed by atoms with Gasteiger partial charge in [-0.05, 0) is 31.4 Å². The molecule has 1 atom stereocenters. The van der Waals surface area contributed by atoms with Gasteiger partial charge in [0.2, 0.25) is 0 Å². The van der Waals surface area contributed by atoms with E-state index in [1.807, 2.05) is 30.3 Å². The van der Waals surface area contributed by atoms with Crippen LogP contribution in [-0.2, 0) is 16.1 Å². The molecule has 1 fully saturated rings. The van der Waals surface area contributed by atoms with E-state index < -0.39 is 0 Å². The van der Waals surface area contributed by atoms with E-state index in [-0.39, 0.29) is 5.97 Å². The molecule has 0 spiro atoms. The third-order valence-corrected chi connectivity index (χ3v) is 3.10. The first-order chi connectivity index (χ1) is 8.34. The van der Waals surface area contributed by atoms with Crippen molar-refractivity contribution in [2.45, 2.75) is 38.3 Å². The minimum atomic E-state index is -0.0949. The smallest absolute Gasteiger partial charge is 0.306 e. The molecule has 2 rings (SSSR count). The number of nitrogens with one attached hydrogen (secondary N) is 1. The molecule has 0 amide bonds. The second-order valence-corrected chi connectivity index (χ2v) is 4.48. The van der Waals surface area contributed by atoms with Crippen LogP contribution in [0, 0.1) is 0 Å². The van der Waals surface area contributed by atoms with E-state index in [9.17, 15) is 4.79 Å². The zero-order chi connectivity index (χ0) is 11.9. The van der Waals surface area contributed by atoms with Crippen LogP contribution in [0.1, 0.15) is 31.2 Å². The molecule has 0 unspecified atom stereocenters. The number of hydrogen-bond acceptors (Lipinski definition) is 3. The second kappa shape index (κ2) is 6.40. The summed E-state index contributed by atoms with van der Waals surface area (Å²) < 4.78 is 5.22. The highest BCUT2D eigenvalue weighted by Crippen LogP contribution is 2.11. The van der Waals surface area contributed by atoms with Gasteiger partial charge in [-0.15, -0.1) is 0 Å². The van der Waals surface area contributed by atoms with Crippen LogP contribution in [0.15, 0.2) is 30.3 Å². The third kappa shape index (κ3) is 4.19. The van der Waals surface area contributed by atoms with Crippen LogP contribution in [0.25, 0.3) is 0 Å². The molecule has 0 radical (unpaired) electrons. The van der Waals surface area contributed by atoms with E-state index in [2.05, 4.69) is 5.32 Å². The summed E-state index contributed by atoms with van der Waals surface area (Å²) in [7, 11) is 0. The van der Waals surface area contributed by atoms with Crippen molar-refractivity contribution in [2.75, 3.05) is 6.54 Å². The van der Waals surface area contributed by atoms with Crippen molar-refractivity contribution in [3.63, 3.8) is 0 Å². The minimum absolute atomic E-state index is 0.0949. The number of hydrogen-bond donors (Lipinski definition) is 1. The maximum Gasteiger partial charge on any atom is 0.306 e. The lowest BCUT2D eigenvalue weighted by atomic mass is 10.1. The summed E-state index contributed by atoms with van der Waals surface area (Å²) in [5, 5.41) is 3.38. The summed E-state index contributed by atoms with van der Waals surface area (Å²) >= 11 is 0. The SMILES string of the molecule is O=C(CC[C@@H]1CCCN1)OCc1ccccc1. The van der Waals surface area contributed by atoms with Crippen molar-refractivity contribution in [3.05, 3.63) is 35.9 Å². The zero-order valence-electron chi connectivity index (χ0n) is 10.0. The van der Waals surface area contributed by atoms with Crippen molar-refractivity contribution in [2.24, 2.45) is 0 Å². The average Bonchev–Trinajstić information content (AvgIpc) is 2.88. The number of ether oxygens (including phenoxy) is 1. The van der Waals surface area contributed by atoms with Gasteiger partial charge < -0.3 is 10.1 Å². The van der Waals surface area contributed by atoms with Crippen LogP contribution in [0.4, 0.5) is 0 Å². The molecular weight excluding hydrogens is 214 g/mol. The topological polar surface area (TPSA) is 38.3 Å². The number of benzene rings is 1. The van der Waals surface area contributed by atoms with Gasteiger partial charge in [0, 0.05) is 12.5 Å². The van der Waals surface area contributed by atoms with Gasteiger partial charge in [-0.25, -0.2) is 0 Å². The van der Waals surface area contributed by atoms with Gasteiger partial charge >= 0.3 is 5.97 Å². The molecule has 0 aromatic heterocycles. The summed E-state index contributed by atoms with van der Waals surface area (Å²) in [6.45, 7) is 1.47. The Hall–Kier alpha value is -1.35. The average molecular weight is 233 g/mol. The van der Waals surface area contributed by atoms with Crippen molar-refractivity contribution >= 4 is 5.97 Å². The lowest BCUT2D eigenvalue weighted by Gasteiger charge is -2.09. The molecule has 0 bridgehead atoms. The summed E-state index contributed by atoms with van der Waals surface area (Å²) in [5.41, 5.74) is 1.04. The second-order valence-electron chi connectivity index (χ2n) is 4.48. The van der Waals surface area contributed by atoms with E-state index >= 15 is 0 Å². The lowest BCUT2D eigenvalue weighted by Crippen LogP contribution is -2.22. The molecule has 1 aliphatic heterocycles. The van der Waals surface area contributed by atoms with Crippen LogP contribution in [0.2, 0.25) is 0 Å². The van der Waals surface area contributed by atoms with Crippen LogP contribution < -0.4 is 5.32 Å². The summed E-state index contributed by atoms with van der Waals surface area (Å²) in [4.78, 5) is 11.5. The maximum atomic E-state index is 11.5. The summed E-state index contributed by atoms with van der Waals surface area (Å²) in [6.07, 6.45) is 3.83. The third-order valence-electron chi connectivity index (χ3n) is 3.10. The van der Waals surface area contributed by atoms with E-state index in [4.69, 9.17) is 4.74 Å². The Labute approximate surface area is 102 Å². The highest BCUT2D eigenvalue weighted by molar-refractivity contribution is 5.69.